The highest BCUT2D eigenvalue weighted by atomic mass is 19.1. The smallest absolute Gasteiger partial charge is 0.303 e. The van der Waals surface area contributed by atoms with Crippen molar-refractivity contribution in [2.45, 2.75) is 83.4 Å². The number of hydrogen-bond donors (Lipinski definition) is 2. The fourth-order valence-corrected chi connectivity index (χ4v) is 3.46. The highest BCUT2D eigenvalue weighted by Crippen LogP contribution is 2.35. The Labute approximate surface area is 154 Å². The minimum atomic E-state index is -1.45. The van der Waals surface area contributed by atoms with Crippen LogP contribution in [0.4, 0.5) is 4.39 Å². The van der Waals surface area contributed by atoms with Crippen LogP contribution in [0.3, 0.4) is 0 Å². The number of Topliss-reactive ketones (excluding diaryl/α,β-unsaturated/α-hetero) is 2. The highest BCUT2D eigenvalue weighted by molar-refractivity contribution is 5.85. The molecule has 1 rings (SSSR count). The molecule has 26 heavy (non-hydrogen) atoms. The number of carboxylic acid groups (broad SMARTS) is 1. The molecule has 1 saturated carbocycles. The third kappa shape index (κ3) is 7.77. The van der Waals surface area contributed by atoms with Crippen molar-refractivity contribution in [1.29, 1.82) is 0 Å². The van der Waals surface area contributed by atoms with Gasteiger partial charge < -0.3 is 10.2 Å². The molecule has 6 heteroatoms. The molecule has 0 bridgehead atoms. The van der Waals surface area contributed by atoms with Crippen molar-refractivity contribution in [3.8, 4) is 0 Å². The van der Waals surface area contributed by atoms with Crippen LogP contribution in [0, 0.1) is 11.8 Å². The van der Waals surface area contributed by atoms with E-state index in [0.29, 0.717) is 32.1 Å². The third-order valence-corrected chi connectivity index (χ3v) is 5.04. The van der Waals surface area contributed by atoms with E-state index in [1.807, 2.05) is 19.1 Å². The van der Waals surface area contributed by atoms with Crippen molar-refractivity contribution < 1.29 is 29.0 Å². The SMILES string of the molecule is CCCC[C@@H](F)C(=O)CC[C@H]1[C@H](O)CC(=O)[C@@H]1C/C=C\CCCC(=O)O. The standard InChI is InChI=1S/C20H31FO5/c1-2-3-9-16(21)17(22)12-11-15-14(18(23)13-19(15)24)8-6-4-5-7-10-20(25)26/h4,6,14-16,19,24H,2-3,5,7-13H2,1H3,(H,25,26)/b6-4-/t14-,15-,16-,19-/m1/s1. The van der Waals surface area contributed by atoms with E-state index in [1.165, 1.54) is 0 Å². The number of carbonyl (C=O) groups excluding carboxylic acids is 2. The second kappa shape index (κ2) is 11.9. The summed E-state index contributed by atoms with van der Waals surface area (Å²) in [5.74, 6) is -1.95. The van der Waals surface area contributed by atoms with Gasteiger partial charge in [0.1, 0.15) is 5.78 Å². The molecule has 4 atom stereocenters. The minimum Gasteiger partial charge on any atom is -0.481 e. The number of carbonyl (C=O) groups is 3. The van der Waals surface area contributed by atoms with Crippen molar-refractivity contribution in [2.75, 3.05) is 0 Å². The molecule has 5 nitrogen and oxygen atoms in total. The topological polar surface area (TPSA) is 91.7 Å². The summed E-state index contributed by atoms with van der Waals surface area (Å²) >= 11 is 0. The molecule has 0 heterocycles. The Hall–Kier alpha value is -1.56. The normalized spacial score (nSPS) is 24.3. The number of aliphatic carboxylic acids is 1. The lowest BCUT2D eigenvalue weighted by atomic mass is 9.86. The zero-order chi connectivity index (χ0) is 19.5. The molecule has 1 fully saturated rings. The van der Waals surface area contributed by atoms with Gasteiger partial charge in [0.05, 0.1) is 6.10 Å². The van der Waals surface area contributed by atoms with Gasteiger partial charge in [0.25, 0.3) is 0 Å². The van der Waals surface area contributed by atoms with Crippen molar-refractivity contribution in [3.63, 3.8) is 0 Å². The maximum Gasteiger partial charge on any atom is 0.303 e. The van der Waals surface area contributed by atoms with E-state index >= 15 is 0 Å². The zero-order valence-corrected chi connectivity index (χ0v) is 15.5. The number of ketones is 2. The number of hydrogen-bond acceptors (Lipinski definition) is 4. The molecule has 0 aromatic rings. The van der Waals surface area contributed by atoms with Crippen LogP contribution in [0.2, 0.25) is 0 Å². The second-order valence-corrected chi connectivity index (χ2v) is 7.12. The average Bonchev–Trinajstić information content (AvgIpc) is 2.86. The Kier molecular flexibility index (Phi) is 10.3. The summed E-state index contributed by atoms with van der Waals surface area (Å²) < 4.78 is 13.8. The van der Waals surface area contributed by atoms with Crippen LogP contribution in [-0.4, -0.2) is 40.0 Å². The number of rotatable bonds is 13. The quantitative estimate of drug-likeness (QED) is 0.381. The third-order valence-electron chi connectivity index (χ3n) is 5.04. The van der Waals surface area contributed by atoms with E-state index < -0.39 is 24.0 Å². The van der Waals surface area contributed by atoms with Crippen molar-refractivity contribution in [1.82, 2.24) is 0 Å². The Morgan fingerprint density at radius 1 is 1.27 bits per heavy atom. The van der Waals surface area contributed by atoms with Crippen LogP contribution in [0.15, 0.2) is 12.2 Å². The van der Waals surface area contributed by atoms with Crippen molar-refractivity contribution in [2.24, 2.45) is 11.8 Å². The van der Waals surface area contributed by atoms with Gasteiger partial charge in [-0.1, -0.05) is 31.9 Å². The van der Waals surface area contributed by atoms with E-state index in [1.54, 1.807) is 0 Å². The number of alkyl halides is 1. The van der Waals surface area contributed by atoms with Gasteiger partial charge in [-0.05, 0) is 38.0 Å². The molecule has 0 unspecified atom stereocenters. The summed E-state index contributed by atoms with van der Waals surface area (Å²) in [5.41, 5.74) is 0. The van der Waals surface area contributed by atoms with Crippen LogP contribution in [0.5, 0.6) is 0 Å². The zero-order valence-electron chi connectivity index (χ0n) is 15.5. The van der Waals surface area contributed by atoms with Gasteiger partial charge in [-0.2, -0.15) is 0 Å². The van der Waals surface area contributed by atoms with Gasteiger partial charge in [0.2, 0.25) is 0 Å². The molecule has 0 aromatic heterocycles. The first-order valence-electron chi connectivity index (χ1n) is 9.61. The monoisotopic (exact) mass is 370 g/mol. The van der Waals surface area contributed by atoms with E-state index in [0.717, 1.165) is 6.42 Å². The molecule has 1 aliphatic carbocycles. The summed E-state index contributed by atoms with van der Waals surface area (Å²) in [5, 5.41) is 18.7. The lowest BCUT2D eigenvalue weighted by Crippen LogP contribution is -2.23. The Bertz CT molecular complexity index is 502. The first-order chi connectivity index (χ1) is 12.4. The number of aliphatic hydroxyl groups is 1. The molecule has 0 saturated heterocycles. The molecule has 0 spiro atoms. The predicted molar refractivity (Wildman–Crippen MR) is 96.5 cm³/mol. The van der Waals surface area contributed by atoms with Gasteiger partial charge in [-0.25, -0.2) is 4.39 Å². The van der Waals surface area contributed by atoms with Crippen molar-refractivity contribution in [3.05, 3.63) is 12.2 Å². The van der Waals surface area contributed by atoms with Gasteiger partial charge >= 0.3 is 5.97 Å². The minimum absolute atomic E-state index is 0.0204. The van der Waals surface area contributed by atoms with Crippen LogP contribution >= 0.6 is 0 Å². The molecule has 148 valence electrons. The number of aliphatic hydroxyl groups excluding tert-OH is 1. The summed E-state index contributed by atoms with van der Waals surface area (Å²) in [7, 11) is 0. The maximum atomic E-state index is 13.8. The Balaban J connectivity index is 2.46. The van der Waals surface area contributed by atoms with E-state index in [4.69, 9.17) is 5.11 Å². The summed E-state index contributed by atoms with van der Waals surface area (Å²) in [6.45, 7) is 1.94. The van der Waals surface area contributed by atoms with E-state index in [-0.39, 0.29) is 43.3 Å². The molecule has 0 amide bonds. The first kappa shape index (κ1) is 22.5. The summed E-state index contributed by atoms with van der Waals surface area (Å²) in [6.07, 6.45) is 5.45. The van der Waals surface area contributed by atoms with Crippen molar-refractivity contribution >= 4 is 17.5 Å². The van der Waals surface area contributed by atoms with Crippen LogP contribution in [0.1, 0.15) is 71.1 Å². The Morgan fingerprint density at radius 2 is 2.00 bits per heavy atom. The molecule has 1 aliphatic rings. The molecule has 0 radical (unpaired) electrons. The lowest BCUT2D eigenvalue weighted by molar-refractivity contribution is -0.137. The Morgan fingerprint density at radius 3 is 2.65 bits per heavy atom. The number of allylic oxidation sites excluding steroid dienone is 2. The highest BCUT2D eigenvalue weighted by Gasteiger charge is 2.40. The van der Waals surface area contributed by atoms with E-state index in [2.05, 4.69) is 0 Å². The average molecular weight is 370 g/mol. The summed E-state index contributed by atoms with van der Waals surface area (Å²) in [6, 6.07) is 0. The largest absolute Gasteiger partial charge is 0.481 e. The van der Waals surface area contributed by atoms with Gasteiger partial charge in [-0.3, -0.25) is 14.4 Å². The van der Waals surface area contributed by atoms with Crippen LogP contribution in [-0.2, 0) is 14.4 Å². The first-order valence-corrected chi connectivity index (χ1v) is 9.61. The van der Waals surface area contributed by atoms with Crippen LogP contribution in [0.25, 0.3) is 0 Å². The number of carboxylic acids is 1. The fourth-order valence-electron chi connectivity index (χ4n) is 3.46. The molecule has 0 aliphatic heterocycles. The predicted octanol–water partition coefficient (Wildman–Crippen LogP) is 3.63. The lowest BCUT2D eigenvalue weighted by Gasteiger charge is -2.20. The molecule has 2 N–H and O–H groups in total. The number of halogens is 1. The fraction of sp³-hybridized carbons (Fsp3) is 0.750. The summed E-state index contributed by atoms with van der Waals surface area (Å²) in [4.78, 5) is 34.4. The van der Waals surface area contributed by atoms with Gasteiger partial charge in [0, 0.05) is 25.2 Å². The van der Waals surface area contributed by atoms with E-state index in [9.17, 15) is 23.9 Å². The maximum absolute atomic E-state index is 13.8. The molecular formula is C20H31FO5. The second-order valence-electron chi connectivity index (χ2n) is 7.12. The van der Waals surface area contributed by atoms with Gasteiger partial charge in [0.15, 0.2) is 12.0 Å². The van der Waals surface area contributed by atoms with Gasteiger partial charge in [-0.15, -0.1) is 0 Å². The number of unbranched alkanes of at least 4 members (excludes halogenated alkanes) is 2. The molecular weight excluding hydrogens is 339 g/mol. The van der Waals surface area contributed by atoms with Crippen LogP contribution < -0.4 is 0 Å². The molecule has 0 aromatic carbocycles.